The molecule has 3 N–H and O–H groups in total. The summed E-state index contributed by atoms with van der Waals surface area (Å²) < 4.78 is 74.1. The lowest BCUT2D eigenvalue weighted by atomic mass is 10.1. The first-order valence-electron chi connectivity index (χ1n) is 12.3. The van der Waals surface area contributed by atoms with Crippen LogP contribution in [0.1, 0.15) is 29.8 Å². The van der Waals surface area contributed by atoms with Crippen molar-refractivity contribution in [1.82, 2.24) is 9.71 Å². The number of fused-ring (bicyclic) bond motifs is 1. The van der Waals surface area contributed by atoms with Gasteiger partial charge in [-0.1, -0.05) is 47.7 Å². The Morgan fingerprint density at radius 1 is 1.25 bits per heavy atom. The van der Waals surface area contributed by atoms with E-state index >= 15 is 0 Å². The van der Waals surface area contributed by atoms with E-state index in [0.717, 1.165) is 11.3 Å². The van der Waals surface area contributed by atoms with Crippen molar-refractivity contribution in [2.45, 2.75) is 23.5 Å². The highest BCUT2D eigenvalue weighted by atomic mass is 32.2. The molecule has 0 saturated carbocycles. The van der Waals surface area contributed by atoms with Gasteiger partial charge in [0.15, 0.2) is 0 Å². The van der Waals surface area contributed by atoms with Crippen LogP contribution < -0.4 is 4.72 Å². The zero-order valence-electron chi connectivity index (χ0n) is 22.4. The van der Waals surface area contributed by atoms with E-state index in [4.69, 9.17) is 8.22 Å². The number of H-pyrrole nitrogens is 1. The third-order valence-corrected chi connectivity index (χ3v) is 7.49. The molecule has 0 bridgehead atoms. The van der Waals surface area contributed by atoms with Gasteiger partial charge in [-0.2, -0.15) is 4.72 Å². The number of carboxylic acid groups (broad SMARTS) is 1. The fourth-order valence-electron chi connectivity index (χ4n) is 2.94. The molecule has 0 aliphatic rings. The molecule has 0 aliphatic heterocycles. The van der Waals surface area contributed by atoms with Gasteiger partial charge in [0.1, 0.15) is 10.3 Å². The fraction of sp³-hybridized carbons (Fsp3) is 0.125. The smallest absolute Gasteiger partial charge is 0.322 e. The second kappa shape index (κ2) is 9.01. The van der Waals surface area contributed by atoms with E-state index in [1.165, 1.54) is 36.4 Å². The molecule has 2 aromatic carbocycles. The summed E-state index contributed by atoms with van der Waals surface area (Å²) in [6.07, 6.45) is -0.536. The number of carboxylic acids is 1. The van der Waals surface area contributed by atoms with Gasteiger partial charge in [0.2, 0.25) is 0 Å². The van der Waals surface area contributed by atoms with Crippen LogP contribution in [0.5, 0.6) is 0 Å². The fourth-order valence-corrected chi connectivity index (χ4v) is 5.31. The van der Waals surface area contributed by atoms with E-state index in [0.29, 0.717) is 15.8 Å². The van der Waals surface area contributed by atoms with Crippen molar-refractivity contribution in [3.63, 3.8) is 0 Å². The molecule has 0 spiro atoms. The Bertz CT molecular complexity index is 1700. The average molecular weight is 471 g/mol. The Balaban J connectivity index is 1.54. The predicted octanol–water partition coefficient (Wildman–Crippen LogP) is 3.91. The number of benzene rings is 2. The van der Waals surface area contributed by atoms with Crippen molar-refractivity contribution >= 4 is 38.2 Å². The first kappa shape index (κ1) is 15.4. The predicted molar refractivity (Wildman–Crippen MR) is 125 cm³/mol. The van der Waals surface area contributed by atoms with Crippen LogP contribution in [0.4, 0.5) is 0 Å². The summed E-state index contributed by atoms with van der Waals surface area (Å²) in [6, 6.07) is 9.83. The van der Waals surface area contributed by atoms with Gasteiger partial charge < -0.3 is 10.1 Å². The van der Waals surface area contributed by atoms with Gasteiger partial charge in [-0.25, -0.2) is 8.42 Å². The number of aromatic nitrogens is 1. The zero-order chi connectivity index (χ0) is 27.8. The number of aromatic amines is 1. The van der Waals surface area contributed by atoms with Gasteiger partial charge in [-0.3, -0.25) is 4.79 Å². The summed E-state index contributed by atoms with van der Waals surface area (Å²) in [5.41, 5.74) is 1.16. The number of nitrogens with one attached hydrogen (secondary N) is 2. The number of sulfonamides is 1. The molecule has 4 aromatic rings. The first-order valence-corrected chi connectivity index (χ1v) is 11.6. The third-order valence-electron chi connectivity index (χ3n) is 4.53. The molecule has 8 heteroatoms. The number of rotatable bonds is 6. The molecule has 0 saturated heterocycles. The number of aryl methyl sites for hydroxylation is 1. The Kier molecular flexibility index (Phi) is 4.34. The van der Waals surface area contributed by atoms with Gasteiger partial charge in [0, 0.05) is 33.2 Å². The van der Waals surface area contributed by atoms with Crippen LogP contribution in [-0.2, 0) is 21.2 Å². The van der Waals surface area contributed by atoms with Crippen LogP contribution in [0, 0.1) is 18.7 Å². The average Bonchev–Trinajstić information content (AvgIpc) is 3.43. The molecule has 6 nitrogen and oxygen atoms in total. The van der Waals surface area contributed by atoms with Crippen molar-refractivity contribution in [3.05, 3.63) is 88.4 Å². The molecule has 4 rings (SSSR count). The number of thiophene rings is 1. The van der Waals surface area contributed by atoms with Crippen molar-refractivity contribution in [2.75, 3.05) is 0 Å². The van der Waals surface area contributed by atoms with Crippen molar-refractivity contribution in [2.24, 2.45) is 0 Å². The summed E-state index contributed by atoms with van der Waals surface area (Å²) in [6.45, 7) is -2.23. The lowest BCUT2D eigenvalue weighted by molar-refractivity contribution is -0.138. The summed E-state index contributed by atoms with van der Waals surface area (Å²) in [5, 5.41) is 10.0. The second-order valence-corrected chi connectivity index (χ2v) is 9.80. The number of aliphatic carboxylic acids is 1. The van der Waals surface area contributed by atoms with E-state index in [2.05, 4.69) is 21.5 Å². The summed E-state index contributed by atoms with van der Waals surface area (Å²) >= 11 is 0.838. The largest absolute Gasteiger partial charge is 0.480 e. The number of hydrogen-bond acceptors (Lipinski definition) is 4. The van der Waals surface area contributed by atoms with Gasteiger partial charge in [-0.05, 0) is 42.7 Å². The summed E-state index contributed by atoms with van der Waals surface area (Å²) in [5.74, 6) is 4.20. The lowest BCUT2D eigenvalue weighted by Gasteiger charge is -2.13. The van der Waals surface area contributed by atoms with E-state index in [9.17, 15) is 18.3 Å². The van der Waals surface area contributed by atoms with Crippen LogP contribution in [0.15, 0.2) is 71.0 Å². The zero-order valence-corrected chi connectivity index (χ0v) is 18.0. The SMILES string of the molecule is [2H]c1cc([2H])c2[nH]c([2H])c(C[C@@H](NS(=O)(=O)c3ccc(C#Cc4ccc(C([2H])([2H])[2H])cc4)s3)C(=O)O)c2c1. The van der Waals surface area contributed by atoms with Crippen LogP contribution in [-0.4, -0.2) is 30.5 Å². The van der Waals surface area contributed by atoms with E-state index < -0.39 is 28.9 Å². The highest BCUT2D eigenvalue weighted by Gasteiger charge is 2.27. The molecule has 2 heterocycles. The molecule has 162 valence electrons. The van der Waals surface area contributed by atoms with Crippen LogP contribution in [0.25, 0.3) is 10.9 Å². The third kappa shape index (κ3) is 4.92. The minimum absolute atomic E-state index is 0.00986. The van der Waals surface area contributed by atoms with Crippen LogP contribution >= 0.6 is 11.3 Å². The van der Waals surface area contributed by atoms with E-state index in [1.54, 1.807) is 12.1 Å². The normalized spacial score (nSPS) is 15.4. The Hall–Kier alpha value is -3.38. The second-order valence-electron chi connectivity index (χ2n) is 6.78. The van der Waals surface area contributed by atoms with Crippen molar-refractivity contribution in [3.8, 4) is 11.8 Å². The monoisotopic (exact) mass is 470 g/mol. The van der Waals surface area contributed by atoms with Crippen LogP contribution in [0.3, 0.4) is 0 Å². The van der Waals surface area contributed by atoms with Crippen molar-refractivity contribution < 1.29 is 26.5 Å². The maximum absolute atomic E-state index is 13.0. The summed E-state index contributed by atoms with van der Waals surface area (Å²) in [7, 11) is -4.26. The highest BCUT2D eigenvalue weighted by molar-refractivity contribution is 7.91. The quantitative estimate of drug-likeness (QED) is 0.372. The minimum Gasteiger partial charge on any atom is -0.480 e. The molecule has 2 aromatic heterocycles. The van der Waals surface area contributed by atoms with Gasteiger partial charge in [-0.15, -0.1) is 11.3 Å². The molecule has 1 atom stereocenters. The van der Waals surface area contributed by atoms with E-state index in [-0.39, 0.29) is 45.5 Å². The summed E-state index contributed by atoms with van der Waals surface area (Å²) in [4.78, 5) is 15.0. The molecule has 32 heavy (non-hydrogen) atoms. The Labute approximate surface area is 198 Å². The van der Waals surface area contributed by atoms with Gasteiger partial charge in [0.25, 0.3) is 10.0 Å². The molecular formula is C24H20N2O4S2. The minimum atomic E-state index is -4.26. The standard InChI is InChI=1S/C24H20N2O4S2/c1-16-6-8-17(9-7-16)10-11-19-12-13-23(31-19)32(29,30)26-22(24(27)28)14-18-15-25-21-5-3-2-4-20(18)21/h2-9,12-13,15,22,25-26H,14H2,1H3,(H,27,28)/t22-/m1/s1/i1D3,2D,5D,15D. The highest BCUT2D eigenvalue weighted by Crippen LogP contribution is 2.23. The molecule has 0 aliphatic carbocycles. The number of para-hydroxylation sites is 1. The molecule has 0 radical (unpaired) electrons. The molecule has 0 unspecified atom stereocenters. The Morgan fingerprint density at radius 3 is 2.81 bits per heavy atom. The molecule has 0 amide bonds. The number of hydrogen-bond donors (Lipinski definition) is 3. The topological polar surface area (TPSA) is 99.3 Å². The van der Waals surface area contributed by atoms with Gasteiger partial charge >= 0.3 is 5.97 Å². The van der Waals surface area contributed by atoms with Gasteiger partial charge in [0.05, 0.1) is 8.99 Å². The number of carbonyl (C=O) groups is 1. The first-order chi connectivity index (χ1) is 17.7. The maximum Gasteiger partial charge on any atom is 0.322 e. The van der Waals surface area contributed by atoms with Crippen molar-refractivity contribution in [1.29, 1.82) is 0 Å². The van der Waals surface area contributed by atoms with E-state index in [1.807, 2.05) is 0 Å². The molecular weight excluding hydrogens is 444 g/mol. The van der Waals surface area contributed by atoms with Crippen LogP contribution in [0.2, 0.25) is 0 Å². The molecule has 0 fully saturated rings. The Morgan fingerprint density at radius 2 is 2.06 bits per heavy atom. The lowest BCUT2D eigenvalue weighted by Crippen LogP contribution is -2.41. The maximum atomic E-state index is 13.0.